The van der Waals surface area contributed by atoms with Gasteiger partial charge < -0.3 is 9.64 Å². The van der Waals surface area contributed by atoms with Crippen molar-refractivity contribution in [1.29, 1.82) is 0 Å². The average molecular weight is 209 g/mol. The highest BCUT2D eigenvalue weighted by atomic mass is 16.5. The monoisotopic (exact) mass is 209 g/mol. The molecule has 3 heteroatoms. The molecule has 0 aromatic heterocycles. The first-order chi connectivity index (χ1) is 7.31. The lowest BCUT2D eigenvalue weighted by molar-refractivity contribution is -0.137. The molecule has 3 nitrogen and oxygen atoms in total. The summed E-state index contributed by atoms with van der Waals surface area (Å²) < 4.78 is 4.95. The summed E-state index contributed by atoms with van der Waals surface area (Å²) in [6.07, 6.45) is 7.80. The molecule has 2 heterocycles. The van der Waals surface area contributed by atoms with Crippen LogP contribution in [0.1, 0.15) is 39.0 Å². The van der Waals surface area contributed by atoms with Crippen LogP contribution in [0.4, 0.5) is 0 Å². The summed E-state index contributed by atoms with van der Waals surface area (Å²) in [6, 6.07) is 0.694. The van der Waals surface area contributed by atoms with Gasteiger partial charge in [-0.15, -0.1) is 0 Å². The third kappa shape index (κ3) is 2.33. The van der Waals surface area contributed by atoms with Gasteiger partial charge in [0, 0.05) is 24.4 Å². The number of carbonyl (C=O) groups excluding carboxylic acids is 1. The van der Waals surface area contributed by atoms with E-state index in [-0.39, 0.29) is 5.97 Å². The van der Waals surface area contributed by atoms with E-state index in [2.05, 4.69) is 4.90 Å². The van der Waals surface area contributed by atoms with Crippen LogP contribution in [-0.2, 0) is 9.53 Å². The number of carbonyl (C=O) groups is 1. The third-order valence-electron chi connectivity index (χ3n) is 3.29. The zero-order valence-corrected chi connectivity index (χ0v) is 9.37. The normalized spacial score (nSPS) is 27.9. The number of piperidine rings is 1. The zero-order valence-electron chi connectivity index (χ0n) is 9.37. The summed E-state index contributed by atoms with van der Waals surface area (Å²) in [7, 11) is 0. The van der Waals surface area contributed by atoms with Crippen LogP contribution in [0.3, 0.4) is 0 Å². The van der Waals surface area contributed by atoms with E-state index >= 15 is 0 Å². The average Bonchev–Trinajstić information content (AvgIpc) is 2.67. The fourth-order valence-corrected chi connectivity index (χ4v) is 2.65. The van der Waals surface area contributed by atoms with E-state index in [0.29, 0.717) is 12.6 Å². The maximum atomic E-state index is 11.4. The minimum atomic E-state index is -0.181. The van der Waals surface area contributed by atoms with Gasteiger partial charge in [-0.05, 0) is 39.0 Å². The van der Waals surface area contributed by atoms with Crippen LogP contribution in [0.5, 0.6) is 0 Å². The summed E-state index contributed by atoms with van der Waals surface area (Å²) in [5.41, 5.74) is 1.20. The molecule has 2 saturated heterocycles. The fraction of sp³-hybridized carbons (Fsp3) is 0.750. The Morgan fingerprint density at radius 2 is 2.33 bits per heavy atom. The van der Waals surface area contributed by atoms with Gasteiger partial charge in [0.15, 0.2) is 0 Å². The lowest BCUT2D eigenvalue weighted by Gasteiger charge is -2.33. The predicted octanol–water partition coefficient (Wildman–Crippen LogP) is 2.08. The van der Waals surface area contributed by atoms with Crippen molar-refractivity contribution in [3.8, 4) is 0 Å². The molecule has 1 atom stereocenters. The number of esters is 1. The van der Waals surface area contributed by atoms with Crippen LogP contribution in [0.2, 0.25) is 0 Å². The van der Waals surface area contributed by atoms with Gasteiger partial charge >= 0.3 is 5.97 Å². The second kappa shape index (κ2) is 4.69. The first kappa shape index (κ1) is 10.5. The molecule has 0 N–H and O–H groups in total. The molecule has 0 radical (unpaired) electrons. The highest BCUT2D eigenvalue weighted by Gasteiger charge is 2.29. The van der Waals surface area contributed by atoms with Crippen LogP contribution in [-0.4, -0.2) is 30.1 Å². The van der Waals surface area contributed by atoms with Crippen molar-refractivity contribution in [2.75, 3.05) is 13.2 Å². The number of hydrogen-bond donors (Lipinski definition) is 0. The molecule has 0 bridgehead atoms. The van der Waals surface area contributed by atoms with Crippen molar-refractivity contribution in [1.82, 2.24) is 4.90 Å². The van der Waals surface area contributed by atoms with Gasteiger partial charge in [0.25, 0.3) is 0 Å². The zero-order chi connectivity index (χ0) is 10.7. The summed E-state index contributed by atoms with van der Waals surface area (Å²) in [5.74, 6) is -0.181. The van der Waals surface area contributed by atoms with Crippen molar-refractivity contribution < 1.29 is 9.53 Å². The van der Waals surface area contributed by atoms with E-state index in [9.17, 15) is 4.79 Å². The van der Waals surface area contributed by atoms with Gasteiger partial charge in [0.05, 0.1) is 6.61 Å². The lowest BCUT2D eigenvalue weighted by Crippen LogP contribution is -2.32. The van der Waals surface area contributed by atoms with Crippen LogP contribution in [0.15, 0.2) is 11.8 Å². The predicted molar refractivity (Wildman–Crippen MR) is 58.3 cm³/mol. The number of allylic oxidation sites excluding steroid dienone is 1. The Labute approximate surface area is 91.1 Å². The van der Waals surface area contributed by atoms with Gasteiger partial charge in [-0.3, -0.25) is 0 Å². The van der Waals surface area contributed by atoms with Gasteiger partial charge in [0.1, 0.15) is 0 Å². The lowest BCUT2D eigenvalue weighted by atomic mass is 10.00. The molecular formula is C12H19NO2. The third-order valence-corrected chi connectivity index (χ3v) is 3.29. The first-order valence-corrected chi connectivity index (χ1v) is 5.95. The standard InChI is InChI=1S/C12H19NO2/c1-2-15-12(14)9-11-6-3-5-10-7-4-8-13(10)11/h9-10H,2-8H2,1H3/b11-9+. The highest BCUT2D eigenvalue weighted by molar-refractivity contribution is 5.82. The molecule has 1 unspecified atom stereocenters. The maximum absolute atomic E-state index is 11.4. The van der Waals surface area contributed by atoms with Crippen molar-refractivity contribution in [2.24, 2.45) is 0 Å². The van der Waals surface area contributed by atoms with E-state index in [1.165, 1.54) is 31.4 Å². The molecule has 0 aromatic rings. The van der Waals surface area contributed by atoms with Crippen LogP contribution in [0.25, 0.3) is 0 Å². The van der Waals surface area contributed by atoms with Crippen LogP contribution in [0, 0.1) is 0 Å². The molecule has 2 fully saturated rings. The van der Waals surface area contributed by atoms with Gasteiger partial charge in [-0.2, -0.15) is 0 Å². The molecular weight excluding hydrogens is 190 g/mol. The Hall–Kier alpha value is -0.990. The van der Waals surface area contributed by atoms with Crippen molar-refractivity contribution in [3.63, 3.8) is 0 Å². The van der Waals surface area contributed by atoms with Crippen molar-refractivity contribution in [2.45, 2.75) is 45.1 Å². The molecule has 0 saturated carbocycles. The highest BCUT2D eigenvalue weighted by Crippen LogP contribution is 2.32. The van der Waals surface area contributed by atoms with Gasteiger partial charge in [-0.1, -0.05) is 0 Å². The minimum absolute atomic E-state index is 0.181. The topological polar surface area (TPSA) is 29.5 Å². The molecule has 0 aromatic carbocycles. The minimum Gasteiger partial charge on any atom is -0.463 e. The summed E-state index contributed by atoms with van der Waals surface area (Å²) in [5, 5.41) is 0. The van der Waals surface area contributed by atoms with Crippen LogP contribution >= 0.6 is 0 Å². The van der Waals surface area contributed by atoms with E-state index in [1.807, 2.05) is 6.92 Å². The number of rotatable bonds is 2. The fourth-order valence-electron chi connectivity index (χ4n) is 2.65. The Balaban J connectivity index is 2.03. The van der Waals surface area contributed by atoms with E-state index in [4.69, 9.17) is 4.74 Å². The molecule has 15 heavy (non-hydrogen) atoms. The molecule has 2 rings (SSSR count). The summed E-state index contributed by atoms with van der Waals surface area (Å²) in [4.78, 5) is 13.8. The molecule has 2 aliphatic rings. The smallest absolute Gasteiger partial charge is 0.332 e. The Morgan fingerprint density at radius 1 is 1.53 bits per heavy atom. The quantitative estimate of drug-likeness (QED) is 0.515. The van der Waals surface area contributed by atoms with E-state index in [0.717, 1.165) is 13.0 Å². The summed E-state index contributed by atoms with van der Waals surface area (Å²) >= 11 is 0. The van der Waals surface area contributed by atoms with Gasteiger partial charge in [0.2, 0.25) is 0 Å². The van der Waals surface area contributed by atoms with Crippen molar-refractivity contribution in [3.05, 3.63) is 11.8 Å². The van der Waals surface area contributed by atoms with Crippen molar-refractivity contribution >= 4 is 5.97 Å². The molecule has 2 aliphatic heterocycles. The SMILES string of the molecule is CCOC(=O)/C=C1\CCCC2CCCN12. The Kier molecular flexibility index (Phi) is 3.29. The van der Waals surface area contributed by atoms with Crippen LogP contribution < -0.4 is 0 Å². The molecule has 0 aliphatic carbocycles. The van der Waals surface area contributed by atoms with E-state index in [1.54, 1.807) is 6.08 Å². The molecule has 0 amide bonds. The number of nitrogens with zero attached hydrogens (tertiary/aromatic N) is 1. The largest absolute Gasteiger partial charge is 0.463 e. The number of fused-ring (bicyclic) bond motifs is 1. The number of ether oxygens (including phenoxy) is 1. The molecule has 0 spiro atoms. The molecule has 84 valence electrons. The Morgan fingerprint density at radius 3 is 3.13 bits per heavy atom. The van der Waals surface area contributed by atoms with E-state index < -0.39 is 0 Å². The second-order valence-corrected chi connectivity index (χ2v) is 4.27. The summed E-state index contributed by atoms with van der Waals surface area (Å²) in [6.45, 7) is 3.43. The maximum Gasteiger partial charge on any atom is 0.332 e. The second-order valence-electron chi connectivity index (χ2n) is 4.27. The Bertz CT molecular complexity index is 273. The first-order valence-electron chi connectivity index (χ1n) is 5.95. The number of hydrogen-bond acceptors (Lipinski definition) is 3. The van der Waals surface area contributed by atoms with Gasteiger partial charge in [-0.25, -0.2) is 4.79 Å².